The molecule has 1 aromatic rings. The van der Waals surface area contributed by atoms with Crippen LogP contribution in [0.2, 0.25) is 0 Å². The summed E-state index contributed by atoms with van der Waals surface area (Å²) in [6.07, 6.45) is 0.744. The quantitative estimate of drug-likeness (QED) is 0.813. The summed E-state index contributed by atoms with van der Waals surface area (Å²) in [5.41, 5.74) is 2.12. The van der Waals surface area contributed by atoms with Crippen LogP contribution in [0.25, 0.3) is 0 Å². The molecule has 0 spiro atoms. The Morgan fingerprint density at radius 3 is 2.86 bits per heavy atom. The van der Waals surface area contributed by atoms with E-state index in [4.69, 9.17) is 0 Å². The molecule has 1 aliphatic rings. The highest BCUT2D eigenvalue weighted by Gasteiger charge is 2.27. The van der Waals surface area contributed by atoms with Gasteiger partial charge in [-0.25, -0.2) is 8.42 Å². The topological polar surface area (TPSA) is 62.3 Å². The highest BCUT2D eigenvalue weighted by Crippen LogP contribution is 2.11. The van der Waals surface area contributed by atoms with Gasteiger partial charge in [0.05, 0.1) is 17.2 Å². The van der Waals surface area contributed by atoms with E-state index in [-0.39, 0.29) is 6.04 Å². The van der Waals surface area contributed by atoms with Crippen molar-refractivity contribution in [3.8, 4) is 0 Å². The van der Waals surface area contributed by atoms with Crippen molar-refractivity contribution < 1.29 is 8.42 Å². The number of rotatable bonds is 7. The second kappa shape index (κ2) is 7.33. The first-order valence-electron chi connectivity index (χ1n) is 7.57. The van der Waals surface area contributed by atoms with Crippen molar-refractivity contribution in [2.24, 2.45) is 0 Å². The summed E-state index contributed by atoms with van der Waals surface area (Å²) in [6, 6.07) is 6.22. The molecule has 0 aromatic carbocycles. The van der Waals surface area contributed by atoms with Crippen molar-refractivity contribution in [1.29, 1.82) is 0 Å². The molecule has 0 saturated carbocycles. The first-order valence-corrected chi connectivity index (χ1v) is 9.39. The SMILES string of the molecule is CCN(CCNC1CCS(=O)(=O)C1)Cc1cccc(C)n1. The maximum Gasteiger partial charge on any atom is 0.151 e. The average molecular weight is 311 g/mol. The van der Waals surface area contributed by atoms with Gasteiger partial charge in [0.15, 0.2) is 9.84 Å². The van der Waals surface area contributed by atoms with Crippen molar-refractivity contribution in [2.75, 3.05) is 31.1 Å². The second-order valence-electron chi connectivity index (χ2n) is 5.69. The zero-order valence-corrected chi connectivity index (χ0v) is 13.7. The van der Waals surface area contributed by atoms with Crippen LogP contribution in [-0.4, -0.2) is 55.5 Å². The van der Waals surface area contributed by atoms with Gasteiger partial charge in [0.1, 0.15) is 0 Å². The summed E-state index contributed by atoms with van der Waals surface area (Å²) >= 11 is 0. The molecule has 0 radical (unpaired) electrons. The Balaban J connectivity index is 1.75. The van der Waals surface area contributed by atoms with Crippen LogP contribution in [0.4, 0.5) is 0 Å². The molecule has 1 N–H and O–H groups in total. The largest absolute Gasteiger partial charge is 0.312 e. The molecule has 6 heteroatoms. The van der Waals surface area contributed by atoms with Gasteiger partial charge in [-0.3, -0.25) is 9.88 Å². The molecular formula is C15H25N3O2S. The normalized spacial score (nSPS) is 21.0. The molecule has 1 fully saturated rings. The highest BCUT2D eigenvalue weighted by atomic mass is 32.2. The fraction of sp³-hybridized carbons (Fsp3) is 0.667. The minimum absolute atomic E-state index is 0.130. The Hall–Kier alpha value is -0.980. The lowest BCUT2D eigenvalue weighted by Crippen LogP contribution is -2.37. The van der Waals surface area contributed by atoms with Gasteiger partial charge in [-0.1, -0.05) is 13.0 Å². The number of nitrogens with one attached hydrogen (secondary N) is 1. The van der Waals surface area contributed by atoms with Gasteiger partial charge in [0, 0.05) is 31.4 Å². The number of hydrogen-bond acceptors (Lipinski definition) is 5. The minimum atomic E-state index is -2.79. The maximum atomic E-state index is 11.4. The van der Waals surface area contributed by atoms with Gasteiger partial charge in [-0.15, -0.1) is 0 Å². The van der Waals surface area contributed by atoms with Crippen LogP contribution in [0.5, 0.6) is 0 Å². The van der Waals surface area contributed by atoms with E-state index >= 15 is 0 Å². The number of aromatic nitrogens is 1. The molecule has 2 heterocycles. The van der Waals surface area contributed by atoms with E-state index in [2.05, 4.69) is 22.1 Å². The Morgan fingerprint density at radius 1 is 1.43 bits per heavy atom. The Bertz CT molecular complexity index is 560. The van der Waals surface area contributed by atoms with Gasteiger partial charge in [-0.2, -0.15) is 0 Å². The number of sulfone groups is 1. The van der Waals surface area contributed by atoms with E-state index in [1.54, 1.807) is 0 Å². The number of likely N-dealkylation sites (N-methyl/N-ethyl adjacent to an activating group) is 1. The molecule has 118 valence electrons. The van der Waals surface area contributed by atoms with Crippen LogP contribution >= 0.6 is 0 Å². The summed E-state index contributed by atoms with van der Waals surface area (Å²) in [6.45, 7) is 7.66. The first-order chi connectivity index (χ1) is 9.98. The van der Waals surface area contributed by atoms with E-state index in [0.29, 0.717) is 11.5 Å². The van der Waals surface area contributed by atoms with Gasteiger partial charge in [-0.05, 0) is 32.0 Å². The van der Waals surface area contributed by atoms with Crippen molar-refractivity contribution >= 4 is 9.84 Å². The molecule has 0 amide bonds. The van der Waals surface area contributed by atoms with Crippen LogP contribution in [0.3, 0.4) is 0 Å². The minimum Gasteiger partial charge on any atom is -0.312 e. The Kier molecular flexibility index (Phi) is 5.72. The molecule has 1 atom stereocenters. The molecule has 1 saturated heterocycles. The van der Waals surface area contributed by atoms with E-state index < -0.39 is 9.84 Å². The van der Waals surface area contributed by atoms with E-state index in [0.717, 1.165) is 44.0 Å². The molecule has 0 bridgehead atoms. The average Bonchev–Trinajstić information content (AvgIpc) is 2.77. The predicted octanol–water partition coefficient (Wildman–Crippen LogP) is 0.989. The first kappa shape index (κ1) is 16.4. The molecular weight excluding hydrogens is 286 g/mol. The molecule has 1 aromatic heterocycles. The summed E-state index contributed by atoms with van der Waals surface area (Å²) < 4.78 is 22.8. The lowest BCUT2D eigenvalue weighted by molar-refractivity contribution is 0.272. The lowest BCUT2D eigenvalue weighted by atomic mass is 10.2. The molecule has 21 heavy (non-hydrogen) atoms. The summed E-state index contributed by atoms with van der Waals surface area (Å²) in [4.78, 5) is 6.84. The fourth-order valence-corrected chi connectivity index (χ4v) is 4.36. The fourth-order valence-electron chi connectivity index (χ4n) is 2.65. The van der Waals surface area contributed by atoms with E-state index in [1.807, 2.05) is 25.1 Å². The number of nitrogens with zero attached hydrogens (tertiary/aromatic N) is 2. The Morgan fingerprint density at radius 2 is 2.24 bits per heavy atom. The van der Waals surface area contributed by atoms with Gasteiger partial charge in [0.2, 0.25) is 0 Å². The molecule has 1 unspecified atom stereocenters. The van der Waals surface area contributed by atoms with Crippen LogP contribution in [0.1, 0.15) is 24.7 Å². The monoisotopic (exact) mass is 311 g/mol. The zero-order chi connectivity index (χ0) is 15.3. The van der Waals surface area contributed by atoms with Crippen molar-refractivity contribution in [1.82, 2.24) is 15.2 Å². The van der Waals surface area contributed by atoms with Crippen LogP contribution in [-0.2, 0) is 16.4 Å². The predicted molar refractivity (Wildman–Crippen MR) is 85.0 cm³/mol. The Labute approximate surface area is 127 Å². The summed E-state index contributed by atoms with van der Waals surface area (Å²) in [7, 11) is -2.79. The molecule has 5 nitrogen and oxygen atoms in total. The summed E-state index contributed by atoms with van der Waals surface area (Å²) in [5.74, 6) is 0.619. The van der Waals surface area contributed by atoms with Crippen molar-refractivity contribution in [3.05, 3.63) is 29.6 Å². The van der Waals surface area contributed by atoms with E-state index in [9.17, 15) is 8.42 Å². The highest BCUT2D eigenvalue weighted by molar-refractivity contribution is 7.91. The number of hydrogen-bond donors (Lipinski definition) is 1. The van der Waals surface area contributed by atoms with Gasteiger partial charge >= 0.3 is 0 Å². The zero-order valence-electron chi connectivity index (χ0n) is 12.9. The molecule has 0 aliphatic carbocycles. The third-order valence-electron chi connectivity index (χ3n) is 3.87. The third-order valence-corrected chi connectivity index (χ3v) is 5.64. The van der Waals surface area contributed by atoms with E-state index in [1.165, 1.54) is 0 Å². The lowest BCUT2D eigenvalue weighted by Gasteiger charge is -2.21. The second-order valence-corrected chi connectivity index (χ2v) is 7.92. The maximum absolute atomic E-state index is 11.4. The summed E-state index contributed by atoms with van der Waals surface area (Å²) in [5, 5.41) is 3.36. The van der Waals surface area contributed by atoms with Crippen molar-refractivity contribution in [3.63, 3.8) is 0 Å². The van der Waals surface area contributed by atoms with Gasteiger partial charge in [0.25, 0.3) is 0 Å². The van der Waals surface area contributed by atoms with Crippen LogP contribution < -0.4 is 5.32 Å². The molecule has 2 rings (SSSR count). The van der Waals surface area contributed by atoms with Crippen molar-refractivity contribution in [2.45, 2.75) is 32.9 Å². The number of aryl methyl sites for hydroxylation is 1. The standard InChI is InChI=1S/C15H25N3O2S/c1-3-18(11-14-6-4-5-13(2)17-14)9-8-16-15-7-10-21(19,20)12-15/h4-6,15-16H,3,7-12H2,1-2H3. The smallest absolute Gasteiger partial charge is 0.151 e. The van der Waals surface area contributed by atoms with Gasteiger partial charge < -0.3 is 5.32 Å². The number of pyridine rings is 1. The third kappa shape index (κ3) is 5.37. The van der Waals surface area contributed by atoms with Crippen LogP contribution in [0, 0.1) is 6.92 Å². The van der Waals surface area contributed by atoms with Crippen LogP contribution in [0.15, 0.2) is 18.2 Å². The molecule has 1 aliphatic heterocycles.